The van der Waals surface area contributed by atoms with Gasteiger partial charge < -0.3 is 14.6 Å². The van der Waals surface area contributed by atoms with Crippen molar-refractivity contribution >= 4 is 16.8 Å². The number of H-pyrrole nitrogens is 1. The minimum atomic E-state index is -0.271. The number of aromatic amines is 1. The van der Waals surface area contributed by atoms with Gasteiger partial charge in [-0.3, -0.25) is 4.79 Å². The normalized spacial score (nSPS) is 20.3. The lowest BCUT2D eigenvalue weighted by Gasteiger charge is -2.28. The van der Waals surface area contributed by atoms with Crippen molar-refractivity contribution < 1.29 is 13.9 Å². The van der Waals surface area contributed by atoms with Crippen LogP contribution >= 0.6 is 0 Å². The Morgan fingerprint density at radius 2 is 1.78 bits per heavy atom. The maximum absolute atomic E-state index is 13.7. The average Bonchev–Trinajstić information content (AvgIpc) is 3.53. The maximum atomic E-state index is 13.7. The van der Waals surface area contributed by atoms with Crippen LogP contribution in [0, 0.1) is 5.82 Å². The van der Waals surface area contributed by atoms with Crippen LogP contribution in [-0.2, 0) is 4.74 Å². The molecule has 1 saturated heterocycles. The van der Waals surface area contributed by atoms with Crippen molar-refractivity contribution in [1.82, 2.24) is 9.88 Å². The fourth-order valence-corrected chi connectivity index (χ4v) is 5.17. The number of halogens is 1. The number of carbonyl (C=O) groups is 1. The number of fused-ring (bicyclic) bond motifs is 2. The number of rotatable bonds is 4. The molecule has 1 aromatic heterocycles. The van der Waals surface area contributed by atoms with Gasteiger partial charge in [0.1, 0.15) is 5.82 Å². The van der Waals surface area contributed by atoms with E-state index in [-0.39, 0.29) is 23.9 Å². The van der Waals surface area contributed by atoms with Crippen LogP contribution in [0.2, 0.25) is 0 Å². The molecule has 32 heavy (non-hydrogen) atoms. The number of amides is 1. The summed E-state index contributed by atoms with van der Waals surface area (Å²) in [6.45, 7) is 1.30. The summed E-state index contributed by atoms with van der Waals surface area (Å²) in [6, 6.07) is 22.3. The molecule has 1 amide bonds. The lowest BCUT2D eigenvalue weighted by molar-refractivity contribution is 0.0501. The number of nitrogens with zero attached hydrogens (tertiary/aromatic N) is 1. The minimum absolute atomic E-state index is 0.0384. The standard InChI is InChI=1S/C27H23FN2O2/c28-18-13-11-17(12-14-18)25-24(22-9-3-4-10-23(22)29-25)26-20-7-1-2-8-21(20)27(31)30(26)16-19-6-5-15-32-19/h1-4,7-14,19,26,29H,5-6,15-16H2/t19-,26-/m0/s1. The number of hydrogen-bond donors (Lipinski definition) is 1. The zero-order valence-corrected chi connectivity index (χ0v) is 17.6. The summed E-state index contributed by atoms with van der Waals surface area (Å²) in [7, 11) is 0. The van der Waals surface area contributed by atoms with Crippen molar-refractivity contribution in [3.8, 4) is 11.3 Å². The molecule has 5 heteroatoms. The predicted octanol–water partition coefficient (Wildman–Crippen LogP) is 5.70. The summed E-state index contributed by atoms with van der Waals surface area (Å²) in [6.07, 6.45) is 2.04. The van der Waals surface area contributed by atoms with Crippen molar-refractivity contribution in [3.05, 3.63) is 95.3 Å². The van der Waals surface area contributed by atoms with Gasteiger partial charge in [-0.25, -0.2) is 4.39 Å². The van der Waals surface area contributed by atoms with Crippen molar-refractivity contribution in [3.63, 3.8) is 0 Å². The van der Waals surface area contributed by atoms with E-state index >= 15 is 0 Å². The molecule has 0 bridgehead atoms. The lowest BCUT2D eigenvalue weighted by Crippen LogP contribution is -2.35. The van der Waals surface area contributed by atoms with Crippen LogP contribution < -0.4 is 0 Å². The molecule has 0 saturated carbocycles. The van der Waals surface area contributed by atoms with Gasteiger partial charge in [0.25, 0.3) is 5.91 Å². The third-order valence-electron chi connectivity index (χ3n) is 6.64. The third-order valence-corrected chi connectivity index (χ3v) is 6.64. The zero-order valence-electron chi connectivity index (χ0n) is 17.6. The third kappa shape index (κ3) is 3.04. The quantitative estimate of drug-likeness (QED) is 0.455. The number of carbonyl (C=O) groups excluding carboxylic acids is 1. The molecule has 6 rings (SSSR count). The van der Waals surface area contributed by atoms with Gasteiger partial charge in [-0.15, -0.1) is 0 Å². The molecule has 1 fully saturated rings. The molecule has 0 radical (unpaired) electrons. The van der Waals surface area contributed by atoms with Crippen molar-refractivity contribution in [2.24, 2.45) is 0 Å². The molecule has 4 aromatic rings. The number of aromatic nitrogens is 1. The van der Waals surface area contributed by atoms with Crippen LogP contribution in [0.25, 0.3) is 22.2 Å². The molecule has 2 aliphatic rings. The van der Waals surface area contributed by atoms with E-state index < -0.39 is 0 Å². The van der Waals surface area contributed by atoms with Crippen molar-refractivity contribution in [2.45, 2.75) is 25.0 Å². The van der Waals surface area contributed by atoms with E-state index in [2.05, 4.69) is 11.1 Å². The van der Waals surface area contributed by atoms with E-state index in [4.69, 9.17) is 4.74 Å². The van der Waals surface area contributed by atoms with Crippen LogP contribution in [0.4, 0.5) is 4.39 Å². The summed E-state index contributed by atoms with van der Waals surface area (Å²) < 4.78 is 19.6. The van der Waals surface area contributed by atoms with Crippen molar-refractivity contribution in [2.75, 3.05) is 13.2 Å². The Morgan fingerprint density at radius 1 is 1.00 bits per heavy atom. The topological polar surface area (TPSA) is 45.3 Å². The van der Waals surface area contributed by atoms with Gasteiger partial charge in [-0.1, -0.05) is 36.4 Å². The van der Waals surface area contributed by atoms with Gasteiger partial charge in [-0.2, -0.15) is 0 Å². The monoisotopic (exact) mass is 426 g/mol. The molecule has 2 atom stereocenters. The van der Waals surface area contributed by atoms with Gasteiger partial charge >= 0.3 is 0 Å². The van der Waals surface area contributed by atoms with Gasteiger partial charge in [0, 0.05) is 35.2 Å². The highest BCUT2D eigenvalue weighted by Gasteiger charge is 2.41. The number of para-hydroxylation sites is 1. The van der Waals surface area contributed by atoms with Gasteiger partial charge in [-0.05, 0) is 60.4 Å². The summed E-state index contributed by atoms with van der Waals surface area (Å²) in [4.78, 5) is 19.0. The molecule has 4 nitrogen and oxygen atoms in total. The molecule has 3 aromatic carbocycles. The summed E-state index contributed by atoms with van der Waals surface area (Å²) >= 11 is 0. The Morgan fingerprint density at radius 3 is 2.59 bits per heavy atom. The van der Waals surface area contributed by atoms with Crippen LogP contribution in [-0.4, -0.2) is 35.0 Å². The second-order valence-electron chi connectivity index (χ2n) is 8.55. The fourth-order valence-electron chi connectivity index (χ4n) is 5.17. The maximum Gasteiger partial charge on any atom is 0.255 e. The SMILES string of the molecule is O=C1c2ccccc2[C@@H](c2c(-c3ccc(F)cc3)[nH]c3ccccc23)N1C[C@@H]1CCCO1. The van der Waals surface area contributed by atoms with Gasteiger partial charge in [0.15, 0.2) is 0 Å². The Labute approximate surface area is 185 Å². The first-order chi connectivity index (χ1) is 15.7. The highest BCUT2D eigenvalue weighted by molar-refractivity contribution is 6.02. The minimum Gasteiger partial charge on any atom is -0.376 e. The first-order valence-electron chi connectivity index (χ1n) is 11.1. The Hall–Kier alpha value is -3.44. The van der Waals surface area contributed by atoms with Gasteiger partial charge in [0.2, 0.25) is 0 Å². The van der Waals surface area contributed by atoms with E-state index in [1.807, 2.05) is 47.4 Å². The van der Waals surface area contributed by atoms with E-state index in [9.17, 15) is 9.18 Å². The van der Waals surface area contributed by atoms with Gasteiger partial charge in [0.05, 0.1) is 17.8 Å². The molecule has 1 N–H and O–H groups in total. The van der Waals surface area contributed by atoms with Crippen LogP contribution in [0.3, 0.4) is 0 Å². The largest absolute Gasteiger partial charge is 0.376 e. The first-order valence-corrected chi connectivity index (χ1v) is 11.1. The predicted molar refractivity (Wildman–Crippen MR) is 122 cm³/mol. The smallest absolute Gasteiger partial charge is 0.255 e. The van der Waals surface area contributed by atoms with E-state index in [0.29, 0.717) is 6.54 Å². The first kappa shape index (κ1) is 19.3. The van der Waals surface area contributed by atoms with E-state index in [0.717, 1.165) is 58.3 Å². The van der Waals surface area contributed by atoms with Crippen LogP contribution in [0.15, 0.2) is 72.8 Å². The number of nitrogens with one attached hydrogen (secondary N) is 1. The second kappa shape index (κ2) is 7.61. The highest BCUT2D eigenvalue weighted by Crippen LogP contribution is 2.45. The number of ether oxygens (including phenoxy) is 1. The molecule has 0 unspecified atom stereocenters. The van der Waals surface area contributed by atoms with Crippen molar-refractivity contribution in [1.29, 1.82) is 0 Å². The summed E-state index contributed by atoms with van der Waals surface area (Å²) in [5.41, 5.74) is 5.60. The molecule has 3 heterocycles. The van der Waals surface area contributed by atoms with E-state index in [1.165, 1.54) is 12.1 Å². The lowest BCUT2D eigenvalue weighted by atomic mass is 9.93. The van der Waals surface area contributed by atoms with Crippen LogP contribution in [0.1, 0.15) is 40.4 Å². The summed E-state index contributed by atoms with van der Waals surface area (Å²) in [5.74, 6) is -0.232. The fraction of sp³-hybridized carbons (Fsp3) is 0.222. The summed E-state index contributed by atoms with van der Waals surface area (Å²) in [5, 5.41) is 1.07. The Kier molecular flexibility index (Phi) is 4.58. The highest BCUT2D eigenvalue weighted by atomic mass is 19.1. The van der Waals surface area contributed by atoms with Crippen LogP contribution in [0.5, 0.6) is 0 Å². The van der Waals surface area contributed by atoms with E-state index in [1.54, 1.807) is 12.1 Å². The zero-order chi connectivity index (χ0) is 21.7. The molecular weight excluding hydrogens is 403 g/mol. The Balaban J connectivity index is 1.57. The second-order valence-corrected chi connectivity index (χ2v) is 8.55. The molecular formula is C27H23FN2O2. The molecule has 2 aliphatic heterocycles. The number of benzene rings is 3. The Bertz CT molecular complexity index is 1300. The molecule has 160 valence electrons. The molecule has 0 spiro atoms. The average molecular weight is 426 g/mol. The molecule has 0 aliphatic carbocycles. The number of hydrogen-bond acceptors (Lipinski definition) is 2.